The van der Waals surface area contributed by atoms with Crippen molar-refractivity contribution < 1.29 is 19.7 Å². The third kappa shape index (κ3) is 2.09. The predicted molar refractivity (Wildman–Crippen MR) is 56.5 cm³/mol. The molecule has 1 aromatic rings. The lowest BCUT2D eigenvalue weighted by Gasteiger charge is -2.27. The lowest BCUT2D eigenvalue weighted by atomic mass is 10.1. The summed E-state index contributed by atoms with van der Waals surface area (Å²) in [5.41, 5.74) is 0.208. The van der Waals surface area contributed by atoms with Crippen LogP contribution in [0.25, 0.3) is 0 Å². The number of ether oxygens (including phenoxy) is 1. The number of carbonyl (C=O) groups excluding carboxylic acids is 1. The largest absolute Gasteiger partial charge is 0.508 e. The summed E-state index contributed by atoms with van der Waals surface area (Å²) in [5, 5.41) is 18.7. The Balaban J connectivity index is 2.19. The van der Waals surface area contributed by atoms with Gasteiger partial charge in [0, 0.05) is 19.2 Å². The van der Waals surface area contributed by atoms with Gasteiger partial charge in [0.25, 0.3) is 5.91 Å². The van der Waals surface area contributed by atoms with E-state index in [4.69, 9.17) is 9.84 Å². The van der Waals surface area contributed by atoms with Crippen molar-refractivity contribution in [3.8, 4) is 11.5 Å². The summed E-state index contributed by atoms with van der Waals surface area (Å²) in [4.78, 5) is 13.6. The molecule has 2 N–H and O–H groups in total. The number of aromatic hydroxyl groups is 2. The number of phenolic OH excluding ortho intramolecular Hbond substituents is 2. The molecule has 0 atom stereocenters. The van der Waals surface area contributed by atoms with Crippen LogP contribution in [0, 0.1) is 0 Å². The van der Waals surface area contributed by atoms with Gasteiger partial charge in [-0.2, -0.15) is 0 Å². The van der Waals surface area contributed by atoms with Gasteiger partial charge in [0.05, 0.1) is 18.8 Å². The molecule has 0 spiro atoms. The highest BCUT2D eigenvalue weighted by Crippen LogP contribution is 2.24. The predicted octanol–water partition coefficient (Wildman–Crippen LogP) is 0.570. The van der Waals surface area contributed by atoms with E-state index in [1.165, 1.54) is 12.1 Å². The molecule has 1 aliphatic rings. The van der Waals surface area contributed by atoms with Crippen LogP contribution >= 0.6 is 0 Å². The van der Waals surface area contributed by atoms with Crippen LogP contribution in [0.15, 0.2) is 18.2 Å². The Morgan fingerprint density at radius 2 is 1.94 bits per heavy atom. The molecule has 0 bridgehead atoms. The van der Waals surface area contributed by atoms with Crippen LogP contribution in [0.4, 0.5) is 0 Å². The normalized spacial score (nSPS) is 16.1. The molecule has 0 radical (unpaired) electrons. The fraction of sp³-hybridized carbons (Fsp3) is 0.364. The Morgan fingerprint density at radius 3 is 2.56 bits per heavy atom. The van der Waals surface area contributed by atoms with Crippen LogP contribution in [-0.4, -0.2) is 47.3 Å². The fourth-order valence-electron chi connectivity index (χ4n) is 1.64. The van der Waals surface area contributed by atoms with E-state index in [0.717, 1.165) is 6.07 Å². The number of nitrogens with zero attached hydrogens (tertiary/aromatic N) is 1. The van der Waals surface area contributed by atoms with Crippen LogP contribution < -0.4 is 0 Å². The van der Waals surface area contributed by atoms with E-state index < -0.39 is 0 Å². The molecule has 1 fully saturated rings. The Morgan fingerprint density at radius 1 is 1.25 bits per heavy atom. The molecule has 0 saturated carbocycles. The highest BCUT2D eigenvalue weighted by molar-refractivity contribution is 5.97. The standard InChI is InChI=1S/C11H13NO4/c13-8-1-2-9(10(14)7-8)11(15)12-3-5-16-6-4-12/h1-2,7,13-14H,3-6H2. The first kappa shape index (κ1) is 10.8. The van der Waals surface area contributed by atoms with E-state index in [1.54, 1.807) is 4.90 Å². The van der Waals surface area contributed by atoms with E-state index >= 15 is 0 Å². The van der Waals surface area contributed by atoms with Gasteiger partial charge in [-0.25, -0.2) is 0 Å². The van der Waals surface area contributed by atoms with Crippen LogP contribution in [-0.2, 0) is 4.74 Å². The van der Waals surface area contributed by atoms with Gasteiger partial charge >= 0.3 is 0 Å². The van der Waals surface area contributed by atoms with E-state index in [-0.39, 0.29) is 23.0 Å². The van der Waals surface area contributed by atoms with Gasteiger partial charge in [0.1, 0.15) is 11.5 Å². The van der Waals surface area contributed by atoms with Crippen LogP contribution in [0.5, 0.6) is 11.5 Å². The summed E-state index contributed by atoms with van der Waals surface area (Å²) in [6, 6.07) is 3.96. The molecule has 1 aromatic carbocycles. The molecule has 86 valence electrons. The number of carbonyl (C=O) groups is 1. The van der Waals surface area contributed by atoms with Gasteiger partial charge < -0.3 is 19.8 Å². The average molecular weight is 223 g/mol. The second-order valence-corrected chi connectivity index (χ2v) is 3.61. The van der Waals surface area contributed by atoms with Crippen LogP contribution in [0.2, 0.25) is 0 Å². The molecule has 16 heavy (non-hydrogen) atoms. The van der Waals surface area contributed by atoms with Crippen molar-refractivity contribution in [3.05, 3.63) is 23.8 Å². The van der Waals surface area contributed by atoms with E-state index in [2.05, 4.69) is 0 Å². The first-order valence-electron chi connectivity index (χ1n) is 5.07. The summed E-state index contributed by atoms with van der Waals surface area (Å²) in [5.74, 6) is -0.492. The monoisotopic (exact) mass is 223 g/mol. The first-order valence-corrected chi connectivity index (χ1v) is 5.07. The van der Waals surface area contributed by atoms with Gasteiger partial charge in [-0.1, -0.05) is 0 Å². The van der Waals surface area contributed by atoms with Gasteiger partial charge in [-0.15, -0.1) is 0 Å². The zero-order chi connectivity index (χ0) is 11.5. The smallest absolute Gasteiger partial charge is 0.257 e. The van der Waals surface area contributed by atoms with Crippen molar-refractivity contribution in [1.82, 2.24) is 4.90 Å². The lowest BCUT2D eigenvalue weighted by Crippen LogP contribution is -2.40. The van der Waals surface area contributed by atoms with Crippen molar-refractivity contribution >= 4 is 5.91 Å². The number of benzene rings is 1. The molecule has 0 unspecified atom stereocenters. The minimum atomic E-state index is -0.235. The van der Waals surface area contributed by atoms with Crippen molar-refractivity contribution in [1.29, 1.82) is 0 Å². The summed E-state index contributed by atoms with van der Waals surface area (Å²) < 4.78 is 5.14. The van der Waals surface area contributed by atoms with E-state index in [0.29, 0.717) is 26.3 Å². The number of phenols is 2. The molecular weight excluding hydrogens is 210 g/mol. The first-order chi connectivity index (χ1) is 7.68. The molecule has 0 aliphatic carbocycles. The van der Waals surface area contributed by atoms with Gasteiger partial charge in [0.15, 0.2) is 0 Å². The maximum absolute atomic E-state index is 12.0. The Bertz CT molecular complexity index is 399. The summed E-state index contributed by atoms with van der Waals surface area (Å²) in [6.07, 6.45) is 0. The lowest BCUT2D eigenvalue weighted by molar-refractivity contribution is 0.0301. The Hall–Kier alpha value is -1.75. The van der Waals surface area contributed by atoms with E-state index in [1.807, 2.05) is 0 Å². The Kier molecular flexibility index (Phi) is 2.96. The number of morpholine rings is 1. The van der Waals surface area contributed by atoms with Crippen molar-refractivity contribution in [2.75, 3.05) is 26.3 Å². The number of amides is 1. The minimum Gasteiger partial charge on any atom is -0.508 e. The number of hydrogen-bond acceptors (Lipinski definition) is 4. The van der Waals surface area contributed by atoms with Crippen LogP contribution in [0.3, 0.4) is 0 Å². The van der Waals surface area contributed by atoms with Gasteiger partial charge in [-0.3, -0.25) is 4.79 Å². The van der Waals surface area contributed by atoms with Gasteiger partial charge in [-0.05, 0) is 12.1 Å². The summed E-state index contributed by atoms with van der Waals surface area (Å²) in [6.45, 7) is 2.09. The molecule has 5 nitrogen and oxygen atoms in total. The second kappa shape index (κ2) is 4.40. The number of rotatable bonds is 1. The molecular formula is C11H13NO4. The maximum atomic E-state index is 12.0. The molecule has 2 rings (SSSR count). The zero-order valence-electron chi connectivity index (χ0n) is 8.72. The number of hydrogen-bond donors (Lipinski definition) is 2. The van der Waals surface area contributed by atoms with Crippen molar-refractivity contribution in [3.63, 3.8) is 0 Å². The highest BCUT2D eigenvalue weighted by Gasteiger charge is 2.20. The molecule has 1 aliphatic heterocycles. The quantitative estimate of drug-likeness (QED) is 0.730. The zero-order valence-corrected chi connectivity index (χ0v) is 8.72. The van der Waals surface area contributed by atoms with Gasteiger partial charge in [0.2, 0.25) is 0 Å². The summed E-state index contributed by atoms with van der Waals surface area (Å²) in [7, 11) is 0. The topological polar surface area (TPSA) is 70.0 Å². The Labute approximate surface area is 92.9 Å². The summed E-state index contributed by atoms with van der Waals surface area (Å²) >= 11 is 0. The molecule has 1 amide bonds. The highest BCUT2D eigenvalue weighted by atomic mass is 16.5. The molecule has 5 heteroatoms. The maximum Gasteiger partial charge on any atom is 0.257 e. The fourth-order valence-corrected chi connectivity index (χ4v) is 1.64. The molecule has 1 saturated heterocycles. The van der Waals surface area contributed by atoms with Crippen molar-refractivity contribution in [2.24, 2.45) is 0 Å². The van der Waals surface area contributed by atoms with Crippen molar-refractivity contribution in [2.45, 2.75) is 0 Å². The third-order valence-electron chi connectivity index (χ3n) is 2.51. The SMILES string of the molecule is O=C(c1ccc(O)cc1O)N1CCOCC1. The molecule has 0 aromatic heterocycles. The minimum absolute atomic E-state index is 0.0592. The third-order valence-corrected chi connectivity index (χ3v) is 2.51. The van der Waals surface area contributed by atoms with Crippen LogP contribution in [0.1, 0.15) is 10.4 Å². The molecule has 1 heterocycles. The van der Waals surface area contributed by atoms with E-state index in [9.17, 15) is 9.90 Å². The second-order valence-electron chi connectivity index (χ2n) is 3.61. The average Bonchev–Trinajstić information content (AvgIpc) is 2.29.